The highest BCUT2D eigenvalue weighted by atomic mass is 19.2. The van der Waals surface area contributed by atoms with Crippen LogP contribution < -0.4 is 5.32 Å². The molecule has 0 aromatic heterocycles. The van der Waals surface area contributed by atoms with Crippen LogP contribution in [0.5, 0.6) is 0 Å². The number of hydrogen-bond acceptors (Lipinski definition) is 3. The maximum absolute atomic E-state index is 13.8. The molecule has 0 bridgehead atoms. The Hall–Kier alpha value is -2.34. The molecule has 1 N–H and O–H groups in total. The van der Waals surface area contributed by atoms with Crippen molar-refractivity contribution in [3.63, 3.8) is 0 Å². The summed E-state index contributed by atoms with van der Waals surface area (Å²) >= 11 is 0. The van der Waals surface area contributed by atoms with E-state index in [2.05, 4.69) is 10.1 Å². The Morgan fingerprint density at radius 3 is 2.42 bits per heavy atom. The Balaban J connectivity index is 2.11. The lowest BCUT2D eigenvalue weighted by Gasteiger charge is -2.18. The van der Waals surface area contributed by atoms with Gasteiger partial charge in [-0.1, -0.05) is 30.3 Å². The van der Waals surface area contributed by atoms with Crippen molar-refractivity contribution < 1.29 is 22.7 Å². The summed E-state index contributed by atoms with van der Waals surface area (Å²) in [5.41, 5.74) is 0.987. The molecule has 0 aliphatic heterocycles. The molecule has 0 aliphatic carbocycles. The molecule has 2 aromatic carbocycles. The van der Waals surface area contributed by atoms with E-state index in [0.717, 1.165) is 11.6 Å². The summed E-state index contributed by atoms with van der Waals surface area (Å²) in [4.78, 5) is 11.5. The number of carbonyl (C=O) groups is 1. The average molecular weight is 337 g/mol. The second-order valence-corrected chi connectivity index (χ2v) is 5.41. The number of hydrogen-bond donors (Lipinski definition) is 1. The number of methoxy groups -OCH3 is 1. The van der Waals surface area contributed by atoms with Gasteiger partial charge in [0.05, 0.1) is 13.5 Å². The molecule has 3 nitrogen and oxygen atoms in total. The first-order chi connectivity index (χ1) is 11.5. The largest absolute Gasteiger partial charge is 0.469 e. The quantitative estimate of drug-likeness (QED) is 0.622. The second kappa shape index (κ2) is 8.49. The first-order valence-electron chi connectivity index (χ1n) is 7.47. The van der Waals surface area contributed by atoms with Gasteiger partial charge in [-0.05, 0) is 23.6 Å². The summed E-state index contributed by atoms with van der Waals surface area (Å²) in [7, 11) is 1.26. The Labute approximate surface area is 138 Å². The number of benzene rings is 2. The monoisotopic (exact) mass is 337 g/mol. The Morgan fingerprint density at radius 1 is 1.08 bits per heavy atom. The van der Waals surface area contributed by atoms with Crippen molar-refractivity contribution in [1.82, 2.24) is 5.32 Å². The lowest BCUT2D eigenvalue weighted by molar-refractivity contribution is -0.141. The van der Waals surface area contributed by atoms with Crippen LogP contribution in [0, 0.1) is 17.5 Å². The SMILES string of the molecule is COC(=O)C[C@@H](Cc1cc(F)c(F)cc1F)NCc1ccccc1. The fourth-order valence-corrected chi connectivity index (χ4v) is 2.34. The van der Waals surface area contributed by atoms with E-state index in [-0.39, 0.29) is 18.4 Å². The van der Waals surface area contributed by atoms with Crippen molar-refractivity contribution in [1.29, 1.82) is 0 Å². The molecule has 0 radical (unpaired) electrons. The highest BCUT2D eigenvalue weighted by molar-refractivity contribution is 5.70. The van der Waals surface area contributed by atoms with E-state index in [4.69, 9.17) is 0 Å². The molecule has 1 atom stereocenters. The molecule has 0 aliphatic rings. The van der Waals surface area contributed by atoms with E-state index in [1.807, 2.05) is 30.3 Å². The minimum Gasteiger partial charge on any atom is -0.469 e. The molecule has 0 saturated heterocycles. The second-order valence-electron chi connectivity index (χ2n) is 5.41. The zero-order valence-corrected chi connectivity index (χ0v) is 13.2. The van der Waals surface area contributed by atoms with E-state index < -0.39 is 29.5 Å². The van der Waals surface area contributed by atoms with E-state index in [1.165, 1.54) is 7.11 Å². The number of ether oxygens (including phenoxy) is 1. The molecule has 2 rings (SSSR count). The average Bonchev–Trinajstić information content (AvgIpc) is 2.58. The predicted octanol–water partition coefficient (Wildman–Crippen LogP) is 3.37. The lowest BCUT2D eigenvalue weighted by Crippen LogP contribution is -2.33. The Kier molecular flexibility index (Phi) is 6.37. The summed E-state index contributed by atoms with van der Waals surface area (Å²) < 4.78 is 44.8. The third-order valence-electron chi connectivity index (χ3n) is 3.63. The van der Waals surface area contributed by atoms with Gasteiger partial charge in [0.2, 0.25) is 0 Å². The number of carbonyl (C=O) groups excluding carboxylic acids is 1. The van der Waals surface area contributed by atoms with Crippen LogP contribution in [0.1, 0.15) is 17.5 Å². The van der Waals surface area contributed by atoms with Gasteiger partial charge in [0.25, 0.3) is 0 Å². The smallest absolute Gasteiger partial charge is 0.307 e. The zero-order valence-electron chi connectivity index (χ0n) is 13.2. The van der Waals surface area contributed by atoms with Crippen LogP contribution in [0.4, 0.5) is 13.2 Å². The summed E-state index contributed by atoms with van der Waals surface area (Å²) in [6.07, 6.45) is 0.0206. The molecule has 6 heteroatoms. The Morgan fingerprint density at radius 2 is 1.75 bits per heavy atom. The first-order valence-corrected chi connectivity index (χ1v) is 7.47. The number of rotatable bonds is 7. The zero-order chi connectivity index (χ0) is 17.5. The van der Waals surface area contributed by atoms with Gasteiger partial charge in [0, 0.05) is 18.7 Å². The topological polar surface area (TPSA) is 38.3 Å². The van der Waals surface area contributed by atoms with Crippen molar-refractivity contribution in [2.45, 2.75) is 25.4 Å². The van der Waals surface area contributed by atoms with Crippen molar-refractivity contribution in [3.8, 4) is 0 Å². The normalized spacial score (nSPS) is 12.0. The van der Waals surface area contributed by atoms with Crippen LogP contribution in [0.25, 0.3) is 0 Å². The summed E-state index contributed by atoms with van der Waals surface area (Å²) in [5.74, 6) is -3.67. The van der Waals surface area contributed by atoms with E-state index >= 15 is 0 Å². The van der Waals surface area contributed by atoms with Crippen molar-refractivity contribution in [2.24, 2.45) is 0 Å². The van der Waals surface area contributed by atoms with Crippen LogP contribution in [0.15, 0.2) is 42.5 Å². The van der Waals surface area contributed by atoms with Gasteiger partial charge < -0.3 is 10.1 Å². The predicted molar refractivity (Wildman–Crippen MR) is 83.7 cm³/mol. The molecule has 0 unspecified atom stereocenters. The third-order valence-corrected chi connectivity index (χ3v) is 3.63. The maximum atomic E-state index is 13.8. The fraction of sp³-hybridized carbons (Fsp3) is 0.278. The molecule has 0 heterocycles. The van der Waals surface area contributed by atoms with Crippen LogP contribution in [-0.4, -0.2) is 19.1 Å². The molecule has 0 fully saturated rings. The standard InChI is InChI=1S/C18H18F3NO2/c1-24-18(23)9-14(22-11-12-5-3-2-4-6-12)7-13-8-16(20)17(21)10-15(13)19/h2-6,8,10,14,22H,7,9,11H2,1H3/t14-/m1/s1. The highest BCUT2D eigenvalue weighted by Gasteiger charge is 2.18. The van der Waals surface area contributed by atoms with Crippen LogP contribution in [-0.2, 0) is 22.5 Å². The fourth-order valence-electron chi connectivity index (χ4n) is 2.34. The first kappa shape index (κ1) is 18.0. The minimum absolute atomic E-state index is 0.00312. The van der Waals surface area contributed by atoms with Gasteiger partial charge >= 0.3 is 5.97 Å². The number of esters is 1. The van der Waals surface area contributed by atoms with Gasteiger partial charge in [-0.2, -0.15) is 0 Å². The molecule has 0 spiro atoms. The van der Waals surface area contributed by atoms with Crippen molar-refractivity contribution >= 4 is 5.97 Å². The minimum atomic E-state index is -1.24. The Bertz CT molecular complexity index is 692. The molecule has 0 saturated carbocycles. The lowest BCUT2D eigenvalue weighted by atomic mass is 10.0. The number of nitrogens with one attached hydrogen (secondary N) is 1. The van der Waals surface area contributed by atoms with Gasteiger partial charge in [0.15, 0.2) is 11.6 Å². The van der Waals surface area contributed by atoms with E-state index in [9.17, 15) is 18.0 Å². The van der Waals surface area contributed by atoms with E-state index in [1.54, 1.807) is 0 Å². The van der Waals surface area contributed by atoms with Crippen LogP contribution >= 0.6 is 0 Å². The summed E-state index contributed by atoms with van der Waals surface area (Å²) in [5, 5.41) is 3.13. The summed E-state index contributed by atoms with van der Waals surface area (Å²) in [6, 6.07) is 10.3. The molecular formula is C18H18F3NO2. The summed E-state index contributed by atoms with van der Waals surface area (Å²) in [6.45, 7) is 0.452. The molecule has 0 amide bonds. The molecule has 128 valence electrons. The third kappa shape index (κ3) is 5.09. The highest BCUT2D eigenvalue weighted by Crippen LogP contribution is 2.17. The van der Waals surface area contributed by atoms with Gasteiger partial charge in [-0.25, -0.2) is 13.2 Å². The molecule has 2 aromatic rings. The van der Waals surface area contributed by atoms with Gasteiger partial charge in [-0.3, -0.25) is 4.79 Å². The van der Waals surface area contributed by atoms with Crippen molar-refractivity contribution in [2.75, 3.05) is 7.11 Å². The molecule has 24 heavy (non-hydrogen) atoms. The molecular weight excluding hydrogens is 319 g/mol. The van der Waals surface area contributed by atoms with Crippen molar-refractivity contribution in [3.05, 3.63) is 71.0 Å². The van der Waals surface area contributed by atoms with E-state index in [0.29, 0.717) is 12.6 Å². The van der Waals surface area contributed by atoms with Crippen LogP contribution in [0.2, 0.25) is 0 Å². The van der Waals surface area contributed by atoms with Gasteiger partial charge in [0.1, 0.15) is 5.82 Å². The van der Waals surface area contributed by atoms with Gasteiger partial charge in [-0.15, -0.1) is 0 Å². The number of halogens is 3. The van der Waals surface area contributed by atoms with Crippen LogP contribution in [0.3, 0.4) is 0 Å². The maximum Gasteiger partial charge on any atom is 0.307 e.